The van der Waals surface area contributed by atoms with E-state index < -0.39 is 18.7 Å². The smallest absolute Gasteiger partial charge is 0.387 e. The Morgan fingerprint density at radius 3 is 2.26 bits per heavy atom. The van der Waals surface area contributed by atoms with Crippen molar-refractivity contribution >= 4 is 27.7 Å². The molecule has 8 heteroatoms. The van der Waals surface area contributed by atoms with E-state index in [9.17, 15) is 18.4 Å². The molecule has 0 saturated carbocycles. The molecule has 162 valence electrons. The van der Waals surface area contributed by atoms with Crippen LogP contribution in [0.4, 0.5) is 8.78 Å². The third kappa shape index (κ3) is 5.02. The Bertz CT molecular complexity index is 1110. The number of rotatable bonds is 7. The normalized spacial score (nSPS) is 12.0. The average molecular weight is 492 g/mol. The fourth-order valence-corrected chi connectivity index (χ4v) is 3.76. The quantitative estimate of drug-likeness (QED) is 0.305. The first-order valence-electron chi connectivity index (χ1n) is 9.43. The van der Waals surface area contributed by atoms with Gasteiger partial charge in [0.15, 0.2) is 6.10 Å². The van der Waals surface area contributed by atoms with Crippen molar-refractivity contribution < 1.29 is 27.8 Å². The summed E-state index contributed by atoms with van der Waals surface area (Å²) in [7, 11) is 0. The molecule has 0 aliphatic carbocycles. The first kappa shape index (κ1) is 22.7. The average Bonchev–Trinajstić information content (AvgIpc) is 3.02. The molecule has 0 radical (unpaired) electrons. The lowest BCUT2D eigenvalue weighted by Gasteiger charge is -2.14. The Balaban J connectivity index is 1.81. The zero-order valence-electron chi connectivity index (χ0n) is 17.1. The molecular formula is C23H20BrF2NO4. The van der Waals surface area contributed by atoms with E-state index in [1.165, 1.54) is 19.1 Å². The number of alkyl halides is 2. The van der Waals surface area contributed by atoms with Crippen LogP contribution in [0.25, 0.3) is 5.69 Å². The van der Waals surface area contributed by atoms with Crippen molar-refractivity contribution in [3.63, 3.8) is 0 Å². The predicted molar refractivity (Wildman–Crippen MR) is 115 cm³/mol. The van der Waals surface area contributed by atoms with Gasteiger partial charge in [0.2, 0.25) is 5.78 Å². The van der Waals surface area contributed by atoms with Crippen molar-refractivity contribution in [3.8, 4) is 11.4 Å². The van der Waals surface area contributed by atoms with Gasteiger partial charge in [0.25, 0.3) is 0 Å². The van der Waals surface area contributed by atoms with Gasteiger partial charge in [0.1, 0.15) is 5.75 Å². The molecule has 0 amide bonds. The van der Waals surface area contributed by atoms with Crippen molar-refractivity contribution in [1.29, 1.82) is 0 Å². The fourth-order valence-electron chi connectivity index (χ4n) is 3.31. The molecule has 31 heavy (non-hydrogen) atoms. The van der Waals surface area contributed by atoms with Crippen LogP contribution in [-0.4, -0.2) is 29.0 Å². The summed E-state index contributed by atoms with van der Waals surface area (Å²) in [5, 5.41) is 0. The standard InChI is InChI=1S/C23H20BrF2NO4/c1-13-12-19(14(2)27(13)16-8-10-17(11-9-16)31-23(25)26)21(28)15(3)30-22(29)18-6-4-5-7-20(18)24/h4-12,15,23H,1-3H3. The SMILES string of the molecule is Cc1cc(C(=O)C(C)OC(=O)c2ccccc2Br)c(C)n1-c1ccc(OC(F)F)cc1. The van der Waals surface area contributed by atoms with Crippen molar-refractivity contribution in [2.24, 2.45) is 0 Å². The van der Waals surface area contributed by atoms with Crippen molar-refractivity contribution in [2.75, 3.05) is 0 Å². The van der Waals surface area contributed by atoms with Crippen LogP contribution in [0.2, 0.25) is 0 Å². The minimum atomic E-state index is -2.90. The van der Waals surface area contributed by atoms with Crippen LogP contribution in [0.3, 0.4) is 0 Å². The summed E-state index contributed by atoms with van der Waals surface area (Å²) in [5.74, 6) is -0.890. The Hall–Kier alpha value is -3.00. The van der Waals surface area contributed by atoms with E-state index in [4.69, 9.17) is 4.74 Å². The first-order valence-corrected chi connectivity index (χ1v) is 10.2. The molecular weight excluding hydrogens is 472 g/mol. The van der Waals surface area contributed by atoms with Crippen LogP contribution in [0, 0.1) is 13.8 Å². The number of Topliss-reactive ketones (excluding diaryl/α,β-unsaturated/α-hetero) is 1. The van der Waals surface area contributed by atoms with E-state index in [0.717, 1.165) is 5.69 Å². The number of ether oxygens (including phenoxy) is 2. The van der Waals surface area contributed by atoms with Crippen molar-refractivity contribution in [2.45, 2.75) is 33.5 Å². The third-order valence-corrected chi connectivity index (χ3v) is 5.45. The number of aryl methyl sites for hydroxylation is 1. The molecule has 5 nitrogen and oxygen atoms in total. The summed E-state index contributed by atoms with van der Waals surface area (Å²) >= 11 is 3.30. The molecule has 0 N–H and O–H groups in total. The van der Waals surface area contributed by atoms with Crippen molar-refractivity contribution in [1.82, 2.24) is 4.57 Å². The molecule has 3 aromatic rings. The van der Waals surface area contributed by atoms with Crippen LogP contribution < -0.4 is 4.74 Å². The van der Waals surface area contributed by atoms with Gasteiger partial charge in [0.05, 0.1) is 5.56 Å². The zero-order valence-corrected chi connectivity index (χ0v) is 18.7. The lowest BCUT2D eigenvalue weighted by Crippen LogP contribution is -2.25. The van der Waals surface area contributed by atoms with Crippen LogP contribution in [0.5, 0.6) is 5.75 Å². The second-order valence-electron chi connectivity index (χ2n) is 6.88. The van der Waals surface area contributed by atoms with Crippen molar-refractivity contribution in [3.05, 3.63) is 81.6 Å². The zero-order chi connectivity index (χ0) is 22.7. The van der Waals surface area contributed by atoms with E-state index in [1.54, 1.807) is 49.4 Å². The van der Waals surface area contributed by atoms with Crippen LogP contribution >= 0.6 is 15.9 Å². The van der Waals surface area contributed by atoms with E-state index in [2.05, 4.69) is 20.7 Å². The van der Waals surface area contributed by atoms with E-state index in [0.29, 0.717) is 27.0 Å². The highest BCUT2D eigenvalue weighted by Gasteiger charge is 2.25. The maximum absolute atomic E-state index is 13.0. The molecule has 0 bridgehead atoms. The molecule has 1 atom stereocenters. The number of hydrogen-bond donors (Lipinski definition) is 0. The molecule has 0 aliphatic rings. The van der Waals surface area contributed by atoms with Gasteiger partial charge in [-0.25, -0.2) is 4.79 Å². The molecule has 0 aliphatic heterocycles. The van der Waals surface area contributed by atoms with Gasteiger partial charge in [-0.1, -0.05) is 12.1 Å². The Labute approximate surface area is 186 Å². The number of esters is 1. The molecule has 1 aromatic heterocycles. The molecule has 1 unspecified atom stereocenters. The van der Waals surface area contributed by atoms with Gasteiger partial charge in [-0.3, -0.25) is 4.79 Å². The molecule has 0 saturated heterocycles. The Morgan fingerprint density at radius 1 is 1.00 bits per heavy atom. The molecule has 2 aromatic carbocycles. The lowest BCUT2D eigenvalue weighted by molar-refractivity contribution is -0.0498. The van der Waals surface area contributed by atoms with E-state index in [-0.39, 0.29) is 11.5 Å². The van der Waals surface area contributed by atoms with Gasteiger partial charge >= 0.3 is 12.6 Å². The largest absolute Gasteiger partial charge is 0.451 e. The number of nitrogens with zero attached hydrogens (tertiary/aromatic N) is 1. The number of halogens is 3. The minimum Gasteiger partial charge on any atom is -0.451 e. The van der Waals surface area contributed by atoms with Crippen LogP contribution in [0.15, 0.2) is 59.1 Å². The predicted octanol–water partition coefficient (Wildman–Crippen LogP) is 5.89. The molecule has 3 rings (SSSR count). The molecule has 0 spiro atoms. The van der Waals surface area contributed by atoms with E-state index >= 15 is 0 Å². The highest BCUT2D eigenvalue weighted by Crippen LogP contribution is 2.25. The highest BCUT2D eigenvalue weighted by atomic mass is 79.9. The highest BCUT2D eigenvalue weighted by molar-refractivity contribution is 9.10. The summed E-state index contributed by atoms with van der Waals surface area (Å²) < 4.78 is 36.9. The van der Waals surface area contributed by atoms with Gasteiger partial charge < -0.3 is 14.0 Å². The number of ketones is 1. The number of benzene rings is 2. The number of aromatic nitrogens is 1. The second kappa shape index (κ2) is 9.43. The third-order valence-electron chi connectivity index (χ3n) is 4.76. The Kier molecular flexibility index (Phi) is 6.90. The topological polar surface area (TPSA) is 57.5 Å². The monoisotopic (exact) mass is 491 g/mol. The maximum Gasteiger partial charge on any atom is 0.387 e. The first-order chi connectivity index (χ1) is 14.7. The molecule has 1 heterocycles. The van der Waals surface area contributed by atoms with Crippen LogP contribution in [0.1, 0.15) is 39.0 Å². The lowest BCUT2D eigenvalue weighted by atomic mass is 10.1. The summed E-state index contributed by atoms with van der Waals surface area (Å²) in [6, 6.07) is 14.6. The summed E-state index contributed by atoms with van der Waals surface area (Å²) in [6.45, 7) is 2.22. The minimum absolute atomic E-state index is 0.0464. The van der Waals surface area contributed by atoms with Gasteiger partial charge in [-0.2, -0.15) is 8.78 Å². The fraction of sp³-hybridized carbons (Fsp3) is 0.217. The second-order valence-corrected chi connectivity index (χ2v) is 7.74. The van der Waals surface area contributed by atoms with Gasteiger partial charge in [-0.15, -0.1) is 0 Å². The summed E-state index contributed by atoms with van der Waals surface area (Å²) in [5.41, 5.74) is 2.85. The van der Waals surface area contributed by atoms with Gasteiger partial charge in [0, 0.05) is 27.1 Å². The number of carbonyl (C=O) groups is 2. The summed E-state index contributed by atoms with van der Waals surface area (Å²) in [4.78, 5) is 25.4. The maximum atomic E-state index is 13.0. The summed E-state index contributed by atoms with van der Waals surface area (Å²) in [6.07, 6.45) is -0.990. The van der Waals surface area contributed by atoms with Crippen LogP contribution in [-0.2, 0) is 4.74 Å². The molecule has 0 fully saturated rings. The Morgan fingerprint density at radius 2 is 1.65 bits per heavy atom. The van der Waals surface area contributed by atoms with Gasteiger partial charge in [-0.05, 0) is 79.2 Å². The number of hydrogen-bond acceptors (Lipinski definition) is 4. The van der Waals surface area contributed by atoms with E-state index in [1.807, 2.05) is 11.5 Å². The number of carbonyl (C=O) groups excluding carboxylic acids is 2.